The highest BCUT2D eigenvalue weighted by Gasteiger charge is 2.24. The Labute approximate surface area is 119 Å². The third kappa shape index (κ3) is 2.61. The van der Waals surface area contributed by atoms with Gasteiger partial charge in [0.05, 0.1) is 11.0 Å². The molecule has 0 aliphatic rings. The number of nitrogens with two attached hydrogens (primary N) is 1. The van der Waals surface area contributed by atoms with Gasteiger partial charge in [0.15, 0.2) is 0 Å². The summed E-state index contributed by atoms with van der Waals surface area (Å²) in [6.45, 7) is 6.57. The van der Waals surface area contributed by atoms with Gasteiger partial charge in [-0.25, -0.2) is 4.98 Å². The quantitative estimate of drug-likeness (QED) is 0.852. The van der Waals surface area contributed by atoms with Crippen LogP contribution < -0.4 is 5.73 Å². The summed E-state index contributed by atoms with van der Waals surface area (Å²) >= 11 is 0. The molecule has 0 atom stereocenters. The van der Waals surface area contributed by atoms with Gasteiger partial charge < -0.3 is 15.2 Å². The molecule has 0 saturated carbocycles. The topological polar surface area (TPSA) is 64.2 Å². The number of carbonyl (C=O) groups is 1. The van der Waals surface area contributed by atoms with Gasteiger partial charge in [0.1, 0.15) is 12.4 Å². The molecule has 0 spiro atoms. The van der Waals surface area contributed by atoms with Gasteiger partial charge >= 0.3 is 0 Å². The minimum atomic E-state index is -0.139. The molecule has 2 N–H and O–H groups in total. The lowest BCUT2D eigenvalue weighted by molar-refractivity contribution is -0.129. The van der Waals surface area contributed by atoms with Crippen molar-refractivity contribution < 1.29 is 4.79 Å². The van der Waals surface area contributed by atoms with Crippen molar-refractivity contribution in [2.24, 2.45) is 0 Å². The lowest BCUT2D eigenvalue weighted by Crippen LogP contribution is -2.29. The number of aromatic nitrogens is 2. The fourth-order valence-corrected chi connectivity index (χ4v) is 2.16. The summed E-state index contributed by atoms with van der Waals surface area (Å²) in [6, 6.07) is 5.62. The molecule has 1 amide bonds. The summed E-state index contributed by atoms with van der Waals surface area (Å²) in [6.07, 6.45) is 0. The average molecular weight is 274 g/mol. The van der Waals surface area contributed by atoms with E-state index >= 15 is 0 Å². The van der Waals surface area contributed by atoms with Crippen molar-refractivity contribution in [2.75, 3.05) is 19.8 Å². The number of likely N-dealkylation sites (N-methyl/N-ethyl adjacent to an activating group) is 1. The van der Waals surface area contributed by atoms with Crippen LogP contribution in [-0.2, 0) is 16.8 Å². The van der Waals surface area contributed by atoms with E-state index in [2.05, 4.69) is 25.8 Å². The second-order valence-electron chi connectivity index (χ2n) is 6.31. The van der Waals surface area contributed by atoms with Crippen molar-refractivity contribution in [3.8, 4) is 0 Å². The van der Waals surface area contributed by atoms with Gasteiger partial charge in [0, 0.05) is 25.2 Å². The summed E-state index contributed by atoms with van der Waals surface area (Å²) in [7, 11) is 3.52. The average Bonchev–Trinajstić information content (AvgIpc) is 2.66. The Kier molecular flexibility index (Phi) is 3.46. The van der Waals surface area contributed by atoms with E-state index in [0.29, 0.717) is 12.2 Å². The number of hydrogen-bond acceptors (Lipinski definition) is 3. The maximum Gasteiger partial charge on any atom is 0.242 e. The number of nitrogen functional groups attached to an aromatic ring is 1. The van der Waals surface area contributed by atoms with Crippen LogP contribution in [0.2, 0.25) is 0 Å². The number of rotatable bonds is 2. The number of carbonyl (C=O) groups excluding carboxylic acids is 1. The molecule has 0 bridgehead atoms. The van der Waals surface area contributed by atoms with E-state index in [4.69, 9.17) is 5.73 Å². The fourth-order valence-electron chi connectivity index (χ4n) is 2.16. The van der Waals surface area contributed by atoms with E-state index in [1.807, 2.05) is 22.8 Å². The molecule has 5 nitrogen and oxygen atoms in total. The van der Waals surface area contributed by atoms with Crippen LogP contribution in [0.1, 0.15) is 26.6 Å². The van der Waals surface area contributed by atoms with Crippen LogP contribution in [-0.4, -0.2) is 34.5 Å². The van der Waals surface area contributed by atoms with Gasteiger partial charge in [0.2, 0.25) is 5.91 Å². The first kappa shape index (κ1) is 14.4. The Morgan fingerprint density at radius 1 is 1.35 bits per heavy atom. The molecule has 1 heterocycles. The second-order valence-corrected chi connectivity index (χ2v) is 6.31. The van der Waals surface area contributed by atoms with E-state index in [1.54, 1.807) is 19.0 Å². The van der Waals surface area contributed by atoms with Gasteiger partial charge in [-0.15, -0.1) is 0 Å². The van der Waals surface area contributed by atoms with E-state index in [-0.39, 0.29) is 11.3 Å². The number of amides is 1. The SMILES string of the molecule is CN(C)C(=O)Cn1c(C(C)(C)C)nc2cc(N)ccc21. The minimum Gasteiger partial charge on any atom is -0.399 e. The van der Waals surface area contributed by atoms with Crippen molar-refractivity contribution in [1.29, 1.82) is 0 Å². The molecular formula is C15H22N4O. The zero-order valence-corrected chi connectivity index (χ0v) is 12.8. The number of fused-ring (bicyclic) bond motifs is 1. The van der Waals surface area contributed by atoms with Crippen LogP contribution in [0.4, 0.5) is 5.69 Å². The summed E-state index contributed by atoms with van der Waals surface area (Å²) in [5, 5.41) is 0. The lowest BCUT2D eigenvalue weighted by atomic mass is 9.95. The number of benzene rings is 1. The third-order valence-corrected chi connectivity index (χ3v) is 3.24. The highest BCUT2D eigenvalue weighted by Crippen LogP contribution is 2.27. The van der Waals surface area contributed by atoms with Crippen LogP contribution in [0.5, 0.6) is 0 Å². The van der Waals surface area contributed by atoms with Crippen molar-refractivity contribution in [2.45, 2.75) is 32.7 Å². The summed E-state index contributed by atoms with van der Waals surface area (Å²) < 4.78 is 1.98. The zero-order chi connectivity index (χ0) is 15.1. The van der Waals surface area contributed by atoms with Crippen LogP contribution in [0.3, 0.4) is 0 Å². The summed E-state index contributed by atoms with van der Waals surface area (Å²) in [5.41, 5.74) is 8.14. The van der Waals surface area contributed by atoms with Crippen LogP contribution in [0.25, 0.3) is 11.0 Å². The second kappa shape index (κ2) is 4.81. The molecule has 2 aromatic rings. The highest BCUT2D eigenvalue weighted by atomic mass is 16.2. The monoisotopic (exact) mass is 274 g/mol. The molecule has 20 heavy (non-hydrogen) atoms. The van der Waals surface area contributed by atoms with Crippen LogP contribution in [0, 0.1) is 0 Å². The first-order chi connectivity index (χ1) is 9.20. The Morgan fingerprint density at radius 2 is 2.00 bits per heavy atom. The van der Waals surface area contributed by atoms with Crippen molar-refractivity contribution >= 4 is 22.6 Å². The molecule has 0 radical (unpaired) electrons. The van der Waals surface area contributed by atoms with Crippen molar-refractivity contribution in [3.05, 3.63) is 24.0 Å². The molecule has 1 aromatic heterocycles. The molecule has 5 heteroatoms. The normalized spacial score (nSPS) is 11.8. The number of imidazole rings is 1. The molecular weight excluding hydrogens is 252 g/mol. The Morgan fingerprint density at radius 3 is 2.55 bits per heavy atom. The molecule has 0 fully saturated rings. The number of hydrogen-bond donors (Lipinski definition) is 1. The van der Waals surface area contributed by atoms with Crippen molar-refractivity contribution in [3.63, 3.8) is 0 Å². The van der Waals surface area contributed by atoms with Gasteiger partial charge in [0.25, 0.3) is 0 Å². The Bertz CT molecular complexity index is 650. The van der Waals surface area contributed by atoms with E-state index in [0.717, 1.165) is 16.9 Å². The maximum atomic E-state index is 12.1. The summed E-state index contributed by atoms with van der Waals surface area (Å²) in [5.74, 6) is 0.944. The van der Waals surface area contributed by atoms with Crippen LogP contribution >= 0.6 is 0 Å². The molecule has 2 rings (SSSR count). The van der Waals surface area contributed by atoms with Gasteiger partial charge in [-0.2, -0.15) is 0 Å². The van der Waals surface area contributed by atoms with E-state index in [9.17, 15) is 4.79 Å². The van der Waals surface area contributed by atoms with Gasteiger partial charge in [-0.1, -0.05) is 20.8 Å². The standard InChI is InChI=1S/C15H22N4O/c1-15(2,3)14-17-11-8-10(16)6-7-12(11)19(14)9-13(20)18(4)5/h6-8H,9,16H2,1-5H3. The zero-order valence-electron chi connectivity index (χ0n) is 12.8. The molecule has 0 aliphatic carbocycles. The third-order valence-electron chi connectivity index (χ3n) is 3.24. The molecule has 0 saturated heterocycles. The molecule has 0 aliphatic heterocycles. The van der Waals surface area contributed by atoms with Gasteiger partial charge in [-0.05, 0) is 18.2 Å². The predicted octanol–water partition coefficient (Wildman–Crippen LogP) is 2.00. The van der Waals surface area contributed by atoms with E-state index in [1.165, 1.54) is 0 Å². The smallest absolute Gasteiger partial charge is 0.242 e. The molecule has 0 unspecified atom stereocenters. The van der Waals surface area contributed by atoms with E-state index < -0.39 is 0 Å². The highest BCUT2D eigenvalue weighted by molar-refractivity contribution is 5.83. The molecule has 1 aromatic carbocycles. The first-order valence-corrected chi connectivity index (χ1v) is 6.66. The Balaban J connectivity index is 2.62. The number of nitrogens with zero attached hydrogens (tertiary/aromatic N) is 3. The van der Waals surface area contributed by atoms with Crippen molar-refractivity contribution in [1.82, 2.24) is 14.5 Å². The maximum absolute atomic E-state index is 12.1. The van der Waals surface area contributed by atoms with Gasteiger partial charge in [-0.3, -0.25) is 4.79 Å². The fraction of sp³-hybridized carbons (Fsp3) is 0.467. The number of anilines is 1. The largest absolute Gasteiger partial charge is 0.399 e. The minimum absolute atomic E-state index is 0.0478. The summed E-state index contributed by atoms with van der Waals surface area (Å²) in [4.78, 5) is 18.3. The molecule has 108 valence electrons. The van der Waals surface area contributed by atoms with Crippen LogP contribution in [0.15, 0.2) is 18.2 Å². The lowest BCUT2D eigenvalue weighted by Gasteiger charge is -2.21. The Hall–Kier alpha value is -2.04. The predicted molar refractivity (Wildman–Crippen MR) is 81.5 cm³/mol. The first-order valence-electron chi connectivity index (χ1n) is 6.66.